The van der Waals surface area contributed by atoms with Gasteiger partial charge in [-0.1, -0.05) is 140 Å². The normalized spacial score (nSPS) is 11.6. The lowest BCUT2D eigenvalue weighted by molar-refractivity contribution is -0.659. The number of benzene rings is 9. The SMILES string of the molecule is Cc1ccccc1-c1cc2c(c[n+]1C)oc1c3ccccc3ccc21.Cc1ccccc1-c1ccc2oc3cc4ccccc4cc3c2[n+]1C.Cc1ccccc1-c1ccc2oc3ccc4ccccc4c3c2[n+]1C. The molecule has 15 aromatic rings. The van der Waals surface area contributed by atoms with Crippen LogP contribution in [-0.4, -0.2) is 0 Å². The van der Waals surface area contributed by atoms with Gasteiger partial charge in [-0.15, -0.1) is 0 Å². The van der Waals surface area contributed by atoms with E-state index in [-0.39, 0.29) is 0 Å². The highest BCUT2D eigenvalue weighted by atomic mass is 16.3. The van der Waals surface area contributed by atoms with Gasteiger partial charge in [-0.25, -0.2) is 0 Å². The Labute approximate surface area is 434 Å². The van der Waals surface area contributed by atoms with Gasteiger partial charge in [0.1, 0.15) is 43.3 Å². The van der Waals surface area contributed by atoms with Gasteiger partial charge in [-0.2, -0.15) is 13.7 Å². The zero-order chi connectivity index (χ0) is 50.9. The number of rotatable bonds is 3. The van der Waals surface area contributed by atoms with E-state index in [2.05, 4.69) is 274 Å². The summed E-state index contributed by atoms with van der Waals surface area (Å²) in [5, 5.41) is 12.0. The molecule has 6 heteroatoms. The molecule has 6 aromatic heterocycles. The van der Waals surface area contributed by atoms with Gasteiger partial charge >= 0.3 is 0 Å². The minimum Gasteiger partial charge on any atom is -0.449 e. The molecule has 0 aliphatic heterocycles. The van der Waals surface area contributed by atoms with Crippen molar-refractivity contribution < 1.29 is 27.0 Å². The minimum atomic E-state index is 0.921. The highest BCUT2D eigenvalue weighted by Gasteiger charge is 2.25. The Kier molecular flexibility index (Phi) is 11.1. The molecule has 0 saturated heterocycles. The molecule has 0 amide bonds. The summed E-state index contributed by atoms with van der Waals surface area (Å²) in [5.74, 6) is 0. The topological polar surface area (TPSA) is 51.1 Å². The highest BCUT2D eigenvalue weighted by molar-refractivity contribution is 6.17. The quantitative estimate of drug-likeness (QED) is 0.166. The van der Waals surface area contributed by atoms with E-state index in [0.29, 0.717) is 0 Å². The summed E-state index contributed by atoms with van der Waals surface area (Å²) in [6.45, 7) is 6.46. The number of nitrogens with zero attached hydrogens (tertiary/aromatic N) is 3. The Morgan fingerprint density at radius 2 is 0.787 bits per heavy atom. The second-order valence-corrected chi connectivity index (χ2v) is 19.8. The van der Waals surface area contributed by atoms with E-state index < -0.39 is 0 Å². The molecule has 0 aliphatic rings. The van der Waals surface area contributed by atoms with Gasteiger partial charge in [0.05, 0.1) is 5.39 Å². The molecule has 360 valence electrons. The minimum absolute atomic E-state index is 0.921. The molecule has 0 unspecified atom stereocenters. The molecule has 9 aromatic carbocycles. The molecule has 0 N–H and O–H groups in total. The smallest absolute Gasteiger partial charge is 0.260 e. The fourth-order valence-corrected chi connectivity index (χ4v) is 11.3. The predicted molar refractivity (Wildman–Crippen MR) is 308 cm³/mol. The Morgan fingerprint density at radius 3 is 1.43 bits per heavy atom. The maximum Gasteiger partial charge on any atom is 0.260 e. The monoisotopic (exact) mass is 972 g/mol. The molecule has 0 fully saturated rings. The van der Waals surface area contributed by atoms with Gasteiger partial charge in [0.25, 0.3) is 11.0 Å². The van der Waals surface area contributed by atoms with E-state index in [1.165, 1.54) is 88.2 Å². The van der Waals surface area contributed by atoms with E-state index in [1.54, 1.807) is 0 Å². The van der Waals surface area contributed by atoms with Crippen molar-refractivity contribution in [1.29, 1.82) is 0 Å². The van der Waals surface area contributed by atoms with Crippen molar-refractivity contribution in [2.45, 2.75) is 20.8 Å². The van der Waals surface area contributed by atoms with Crippen LogP contribution in [-0.2, 0) is 21.1 Å². The number of hydrogen-bond acceptors (Lipinski definition) is 3. The molecule has 0 bridgehead atoms. The third-order valence-corrected chi connectivity index (χ3v) is 15.2. The third kappa shape index (κ3) is 7.76. The maximum atomic E-state index is 6.25. The number of fused-ring (bicyclic) bond motifs is 14. The fraction of sp³-hybridized carbons (Fsp3) is 0.0870. The first-order valence-electron chi connectivity index (χ1n) is 25.6. The maximum absolute atomic E-state index is 6.25. The van der Waals surface area contributed by atoms with Gasteiger partial charge in [0, 0.05) is 51.0 Å². The number of furan rings is 3. The van der Waals surface area contributed by atoms with Crippen LogP contribution in [0.3, 0.4) is 0 Å². The summed E-state index contributed by atoms with van der Waals surface area (Å²) < 4.78 is 25.2. The van der Waals surface area contributed by atoms with Crippen LogP contribution < -0.4 is 13.7 Å². The Morgan fingerprint density at radius 1 is 0.307 bits per heavy atom. The summed E-state index contributed by atoms with van der Waals surface area (Å²) in [6, 6.07) is 74.4. The van der Waals surface area contributed by atoms with Crippen LogP contribution in [0.5, 0.6) is 0 Å². The fourth-order valence-electron chi connectivity index (χ4n) is 11.3. The predicted octanol–water partition coefficient (Wildman–Crippen LogP) is 16.6. The first kappa shape index (κ1) is 45.5. The molecular formula is C69H54N3O3+3. The van der Waals surface area contributed by atoms with Crippen molar-refractivity contribution in [3.63, 3.8) is 0 Å². The van der Waals surface area contributed by atoms with Crippen molar-refractivity contribution in [3.05, 3.63) is 235 Å². The molecule has 6 heterocycles. The number of hydrogen-bond donors (Lipinski definition) is 0. The van der Waals surface area contributed by atoms with E-state index >= 15 is 0 Å². The molecule has 15 rings (SSSR count). The van der Waals surface area contributed by atoms with E-state index in [4.69, 9.17) is 13.3 Å². The van der Waals surface area contributed by atoms with E-state index in [0.717, 1.165) is 60.7 Å². The van der Waals surface area contributed by atoms with Crippen LogP contribution in [0, 0.1) is 20.8 Å². The molecule has 6 nitrogen and oxygen atoms in total. The van der Waals surface area contributed by atoms with Crippen molar-refractivity contribution in [1.82, 2.24) is 0 Å². The molecule has 75 heavy (non-hydrogen) atoms. The number of aryl methyl sites for hydroxylation is 6. The highest BCUT2D eigenvalue weighted by Crippen LogP contribution is 2.37. The van der Waals surface area contributed by atoms with Gasteiger partial charge in [-0.3, -0.25) is 0 Å². The average molecular weight is 973 g/mol. The Balaban J connectivity index is 0.000000108. The number of pyridine rings is 3. The second kappa shape index (κ2) is 18.3. The lowest BCUT2D eigenvalue weighted by Crippen LogP contribution is -2.31. The lowest BCUT2D eigenvalue weighted by Gasteiger charge is -2.04. The second-order valence-electron chi connectivity index (χ2n) is 19.8. The lowest BCUT2D eigenvalue weighted by atomic mass is 10.0. The van der Waals surface area contributed by atoms with E-state index in [1.807, 2.05) is 0 Å². The van der Waals surface area contributed by atoms with E-state index in [9.17, 15) is 0 Å². The summed E-state index contributed by atoms with van der Waals surface area (Å²) in [7, 11) is 6.32. The first-order valence-corrected chi connectivity index (χ1v) is 25.6. The van der Waals surface area contributed by atoms with Crippen LogP contribution in [0.4, 0.5) is 0 Å². The summed E-state index contributed by atoms with van der Waals surface area (Å²) in [5.41, 5.74) is 19.1. The molecule has 0 spiro atoms. The van der Waals surface area contributed by atoms with Crippen LogP contribution in [0.15, 0.2) is 232 Å². The zero-order valence-electron chi connectivity index (χ0n) is 42.9. The van der Waals surface area contributed by atoms with Crippen LogP contribution in [0.1, 0.15) is 16.7 Å². The standard InChI is InChI=1S/3C23H18NO/c1-15-7-3-6-10-18(15)20-11-12-21-23(24(20)2)19-13-16-8-4-5-9-17(16)14-22(19)25-21;1-15-7-3-5-9-17(15)19-12-14-21-23(24(19)2)22-18-10-6-4-8-16(18)11-13-20(22)25-21;1-15-7-3-5-9-17(15)21-13-20-19-12-11-16-8-4-6-10-18(16)23(19)25-22(20)14-24(21)2/h3*3-14H,1-2H3/q3*+1. The van der Waals surface area contributed by atoms with Gasteiger partial charge in [-0.05, 0) is 119 Å². The largest absolute Gasteiger partial charge is 0.449 e. The first-order chi connectivity index (χ1) is 36.7. The van der Waals surface area contributed by atoms with Crippen molar-refractivity contribution in [2.75, 3.05) is 0 Å². The number of aromatic nitrogens is 3. The molecule has 0 saturated carbocycles. The summed E-state index contributed by atoms with van der Waals surface area (Å²) in [6.07, 6.45) is 2.09. The van der Waals surface area contributed by atoms with Crippen molar-refractivity contribution >= 4 is 98.4 Å². The molecular weight excluding hydrogens is 919 g/mol. The summed E-state index contributed by atoms with van der Waals surface area (Å²) in [4.78, 5) is 0. The zero-order valence-corrected chi connectivity index (χ0v) is 42.9. The molecule has 0 radical (unpaired) electrons. The average Bonchev–Trinajstić information content (AvgIpc) is 4.15. The summed E-state index contributed by atoms with van der Waals surface area (Å²) >= 11 is 0. The van der Waals surface area contributed by atoms with Gasteiger partial charge in [0.15, 0.2) is 16.7 Å². The molecule has 0 aliphatic carbocycles. The third-order valence-electron chi connectivity index (χ3n) is 15.2. The van der Waals surface area contributed by atoms with Crippen LogP contribution in [0.25, 0.3) is 132 Å². The van der Waals surface area contributed by atoms with Gasteiger partial charge < -0.3 is 13.3 Å². The van der Waals surface area contributed by atoms with Crippen LogP contribution >= 0.6 is 0 Å². The van der Waals surface area contributed by atoms with Crippen molar-refractivity contribution in [2.24, 2.45) is 21.1 Å². The Bertz CT molecular complexity index is 4700. The Hall–Kier alpha value is -9.39. The van der Waals surface area contributed by atoms with Gasteiger partial charge in [0.2, 0.25) is 23.3 Å². The van der Waals surface area contributed by atoms with Crippen molar-refractivity contribution in [3.8, 4) is 33.8 Å². The van der Waals surface area contributed by atoms with Crippen LogP contribution in [0.2, 0.25) is 0 Å². The molecule has 0 atom stereocenters.